The standard InChI is InChI=1S/C16H28N2O.ClH/c1-3-15-7-4-11(2)18(15)16(19)10-12-8-13-5-6-14(9-12)17-13;/h11-15,17H,3-10H2,1-2H3;1H. The maximum atomic E-state index is 12.6. The third-order valence-corrected chi connectivity index (χ3v) is 5.58. The topological polar surface area (TPSA) is 32.3 Å². The number of hydrogen-bond donors (Lipinski definition) is 1. The van der Waals surface area contributed by atoms with Crippen LogP contribution in [-0.4, -0.2) is 35.0 Å². The molecule has 2 bridgehead atoms. The van der Waals surface area contributed by atoms with Crippen LogP contribution in [0.3, 0.4) is 0 Å². The summed E-state index contributed by atoms with van der Waals surface area (Å²) in [4.78, 5) is 14.8. The average Bonchev–Trinajstić information content (AvgIpc) is 2.92. The van der Waals surface area contributed by atoms with Crippen molar-refractivity contribution < 1.29 is 4.79 Å². The molecule has 0 aromatic rings. The molecule has 20 heavy (non-hydrogen) atoms. The summed E-state index contributed by atoms with van der Waals surface area (Å²) >= 11 is 0. The normalized spacial score (nSPS) is 39.7. The summed E-state index contributed by atoms with van der Waals surface area (Å²) in [7, 11) is 0. The molecule has 1 N–H and O–H groups in total. The highest BCUT2D eigenvalue weighted by atomic mass is 35.5. The number of carbonyl (C=O) groups excluding carboxylic acids is 1. The molecule has 4 heteroatoms. The van der Waals surface area contributed by atoms with E-state index in [-0.39, 0.29) is 12.4 Å². The quantitative estimate of drug-likeness (QED) is 0.868. The number of carbonyl (C=O) groups is 1. The highest BCUT2D eigenvalue weighted by molar-refractivity contribution is 5.85. The average molecular weight is 301 g/mol. The van der Waals surface area contributed by atoms with Crippen LogP contribution in [0.15, 0.2) is 0 Å². The van der Waals surface area contributed by atoms with Gasteiger partial charge in [-0.2, -0.15) is 0 Å². The van der Waals surface area contributed by atoms with E-state index in [2.05, 4.69) is 24.1 Å². The van der Waals surface area contributed by atoms with Crippen molar-refractivity contribution in [3.8, 4) is 0 Å². The number of nitrogens with zero attached hydrogens (tertiary/aromatic N) is 1. The van der Waals surface area contributed by atoms with Gasteiger partial charge in [0.05, 0.1) is 0 Å². The lowest BCUT2D eigenvalue weighted by Gasteiger charge is -2.33. The highest BCUT2D eigenvalue weighted by Crippen LogP contribution is 2.34. The maximum Gasteiger partial charge on any atom is 0.223 e. The summed E-state index contributed by atoms with van der Waals surface area (Å²) in [5.41, 5.74) is 0. The van der Waals surface area contributed by atoms with Gasteiger partial charge in [-0.3, -0.25) is 4.79 Å². The Morgan fingerprint density at radius 3 is 2.40 bits per heavy atom. The second kappa shape index (κ2) is 6.65. The zero-order valence-corrected chi connectivity index (χ0v) is 13.6. The molecule has 3 rings (SSSR count). The van der Waals surface area contributed by atoms with Crippen LogP contribution in [0, 0.1) is 5.92 Å². The van der Waals surface area contributed by atoms with Crippen LogP contribution in [-0.2, 0) is 4.79 Å². The molecule has 3 aliphatic rings. The van der Waals surface area contributed by atoms with E-state index in [1.807, 2.05) is 0 Å². The van der Waals surface area contributed by atoms with E-state index in [1.165, 1.54) is 38.5 Å². The van der Waals surface area contributed by atoms with Crippen molar-refractivity contribution in [3.63, 3.8) is 0 Å². The predicted octanol–water partition coefficient (Wildman–Crippen LogP) is 3.12. The molecule has 4 unspecified atom stereocenters. The summed E-state index contributed by atoms with van der Waals surface area (Å²) in [6.45, 7) is 4.44. The van der Waals surface area contributed by atoms with Gasteiger partial charge in [0.25, 0.3) is 0 Å². The van der Waals surface area contributed by atoms with Gasteiger partial charge in [-0.25, -0.2) is 0 Å². The molecular weight excluding hydrogens is 272 g/mol. The Morgan fingerprint density at radius 2 is 1.80 bits per heavy atom. The summed E-state index contributed by atoms with van der Waals surface area (Å²) in [6.07, 6.45) is 9.42. The Hall–Kier alpha value is -0.280. The van der Waals surface area contributed by atoms with Crippen LogP contribution in [0.4, 0.5) is 0 Å². The molecule has 3 aliphatic heterocycles. The van der Waals surface area contributed by atoms with Crippen LogP contribution in [0.2, 0.25) is 0 Å². The molecule has 3 heterocycles. The van der Waals surface area contributed by atoms with Gasteiger partial charge in [-0.1, -0.05) is 6.92 Å². The van der Waals surface area contributed by atoms with Crippen molar-refractivity contribution in [1.29, 1.82) is 0 Å². The number of hydrogen-bond acceptors (Lipinski definition) is 2. The Morgan fingerprint density at radius 1 is 1.15 bits per heavy atom. The van der Waals surface area contributed by atoms with Crippen LogP contribution in [0.5, 0.6) is 0 Å². The summed E-state index contributed by atoms with van der Waals surface area (Å²) < 4.78 is 0. The highest BCUT2D eigenvalue weighted by Gasteiger charge is 2.37. The molecule has 0 aromatic carbocycles. The molecule has 4 atom stereocenters. The van der Waals surface area contributed by atoms with Crippen LogP contribution in [0.1, 0.15) is 65.2 Å². The largest absolute Gasteiger partial charge is 0.337 e. The fourth-order valence-corrected chi connectivity index (χ4v) is 4.62. The maximum absolute atomic E-state index is 12.6. The number of fused-ring (bicyclic) bond motifs is 2. The smallest absolute Gasteiger partial charge is 0.223 e. The van der Waals surface area contributed by atoms with Gasteiger partial charge in [0, 0.05) is 30.6 Å². The molecule has 116 valence electrons. The molecule has 0 aromatic heterocycles. The molecule has 3 saturated heterocycles. The van der Waals surface area contributed by atoms with Gasteiger partial charge in [-0.15, -0.1) is 12.4 Å². The van der Waals surface area contributed by atoms with Crippen molar-refractivity contribution in [1.82, 2.24) is 10.2 Å². The first-order valence-electron chi connectivity index (χ1n) is 8.24. The molecule has 0 saturated carbocycles. The van der Waals surface area contributed by atoms with Gasteiger partial charge < -0.3 is 10.2 Å². The molecular formula is C16H29ClN2O. The lowest BCUT2D eigenvalue weighted by atomic mass is 9.89. The second-order valence-corrected chi connectivity index (χ2v) is 6.97. The minimum atomic E-state index is 0. The minimum absolute atomic E-state index is 0. The third kappa shape index (κ3) is 3.14. The summed E-state index contributed by atoms with van der Waals surface area (Å²) in [5.74, 6) is 1.07. The van der Waals surface area contributed by atoms with Crippen molar-refractivity contribution in [2.24, 2.45) is 5.92 Å². The van der Waals surface area contributed by atoms with E-state index >= 15 is 0 Å². The van der Waals surface area contributed by atoms with Crippen LogP contribution >= 0.6 is 12.4 Å². The van der Waals surface area contributed by atoms with Crippen molar-refractivity contribution in [2.75, 3.05) is 0 Å². The van der Waals surface area contributed by atoms with Crippen molar-refractivity contribution in [3.05, 3.63) is 0 Å². The third-order valence-electron chi connectivity index (χ3n) is 5.58. The molecule has 0 radical (unpaired) electrons. The SMILES string of the molecule is CCC1CCC(C)N1C(=O)CC1CC2CCC(C1)N2.Cl. The minimum Gasteiger partial charge on any atom is -0.337 e. The lowest BCUT2D eigenvalue weighted by molar-refractivity contribution is -0.135. The monoisotopic (exact) mass is 300 g/mol. The van der Waals surface area contributed by atoms with Gasteiger partial charge in [0.1, 0.15) is 0 Å². The van der Waals surface area contributed by atoms with Gasteiger partial charge in [0.2, 0.25) is 5.91 Å². The summed E-state index contributed by atoms with van der Waals surface area (Å²) in [6, 6.07) is 2.39. The van der Waals surface area contributed by atoms with E-state index in [0.29, 0.717) is 36.0 Å². The molecule has 1 amide bonds. The first kappa shape index (κ1) is 16.1. The van der Waals surface area contributed by atoms with E-state index in [0.717, 1.165) is 12.8 Å². The van der Waals surface area contributed by atoms with Crippen molar-refractivity contribution in [2.45, 2.75) is 89.4 Å². The van der Waals surface area contributed by atoms with E-state index < -0.39 is 0 Å². The zero-order chi connectivity index (χ0) is 13.4. The lowest BCUT2D eigenvalue weighted by Crippen LogP contribution is -2.43. The van der Waals surface area contributed by atoms with Crippen LogP contribution in [0.25, 0.3) is 0 Å². The number of piperidine rings is 1. The first-order valence-corrected chi connectivity index (χ1v) is 8.24. The van der Waals surface area contributed by atoms with Crippen molar-refractivity contribution >= 4 is 18.3 Å². The molecule has 3 nitrogen and oxygen atoms in total. The van der Waals surface area contributed by atoms with E-state index in [4.69, 9.17) is 0 Å². The van der Waals surface area contributed by atoms with Crippen LogP contribution < -0.4 is 5.32 Å². The zero-order valence-electron chi connectivity index (χ0n) is 12.8. The number of halogens is 1. The molecule has 3 fully saturated rings. The fraction of sp³-hybridized carbons (Fsp3) is 0.938. The number of nitrogens with one attached hydrogen (secondary N) is 1. The molecule has 0 spiro atoms. The Labute approximate surface area is 129 Å². The Kier molecular flexibility index (Phi) is 5.36. The number of amides is 1. The van der Waals surface area contributed by atoms with E-state index in [1.54, 1.807) is 0 Å². The van der Waals surface area contributed by atoms with Gasteiger partial charge >= 0.3 is 0 Å². The van der Waals surface area contributed by atoms with Gasteiger partial charge in [0.15, 0.2) is 0 Å². The number of rotatable bonds is 3. The fourth-order valence-electron chi connectivity index (χ4n) is 4.62. The number of likely N-dealkylation sites (tertiary alicyclic amines) is 1. The van der Waals surface area contributed by atoms with E-state index in [9.17, 15) is 4.79 Å². The predicted molar refractivity (Wildman–Crippen MR) is 84.2 cm³/mol. The first-order chi connectivity index (χ1) is 9.17. The Balaban J connectivity index is 0.00000147. The summed E-state index contributed by atoms with van der Waals surface area (Å²) in [5, 5.41) is 3.67. The Bertz CT molecular complexity index is 337. The molecule has 0 aliphatic carbocycles. The van der Waals surface area contributed by atoms with Gasteiger partial charge in [-0.05, 0) is 57.8 Å². The second-order valence-electron chi connectivity index (χ2n) is 6.97.